The topological polar surface area (TPSA) is 52.6 Å². The molecular weight excluding hydrogens is 478 g/mol. The number of unbranched alkanes of at least 4 members (excludes halogenated alkanes) is 18. The molecule has 5 heteroatoms. The van der Waals surface area contributed by atoms with E-state index in [2.05, 4.69) is 20.4 Å². The van der Waals surface area contributed by atoms with Crippen molar-refractivity contribution in [1.82, 2.24) is 0 Å². The minimum Gasteiger partial charge on any atom is -0.465 e. The van der Waals surface area contributed by atoms with Crippen molar-refractivity contribution in [3.63, 3.8) is 0 Å². The number of carbonyl (C=O) groups is 2. The average molecular weight is 532 g/mol. The van der Waals surface area contributed by atoms with Crippen molar-refractivity contribution in [3.8, 4) is 0 Å². The molecule has 0 rings (SSSR count). The molecule has 0 heterocycles. The molecule has 0 radical (unpaired) electrons. The first kappa shape index (κ1) is 35.5. The van der Waals surface area contributed by atoms with Gasteiger partial charge in [-0.1, -0.05) is 136 Å². The third-order valence-corrected chi connectivity index (χ3v) is 6.14. The molecule has 0 aromatic rings. The van der Waals surface area contributed by atoms with Crippen LogP contribution in [0.4, 0.5) is 0 Å². The third kappa shape index (κ3) is 25.9. The molecule has 0 atom stereocenters. The van der Waals surface area contributed by atoms with Crippen LogP contribution in [0.3, 0.4) is 0 Å². The van der Waals surface area contributed by atoms with Crippen LogP contribution in [0.25, 0.3) is 0 Å². The Labute approximate surface area is 224 Å². The van der Waals surface area contributed by atoms with Gasteiger partial charge < -0.3 is 9.47 Å². The molecule has 0 bridgehead atoms. The summed E-state index contributed by atoms with van der Waals surface area (Å²) in [6.45, 7) is 9.01. The van der Waals surface area contributed by atoms with Crippen LogP contribution in [0, 0.1) is 0 Å². The summed E-state index contributed by atoms with van der Waals surface area (Å²) in [5.74, 6) is -0.853. The molecule has 0 saturated carbocycles. The van der Waals surface area contributed by atoms with E-state index in [1.807, 2.05) is 0 Å². The maximum Gasteiger partial charge on any atom is 0.333 e. The van der Waals surface area contributed by atoms with Gasteiger partial charge in [0.15, 0.2) is 0 Å². The molecule has 0 amide bonds. The van der Waals surface area contributed by atoms with Crippen LogP contribution in [0.1, 0.15) is 149 Å². The predicted octanol–water partition coefficient (Wildman–Crippen LogP) is 8.86. The molecule has 0 aliphatic heterocycles. The maximum atomic E-state index is 12.0. The molecule has 0 saturated heterocycles. The fourth-order valence-electron chi connectivity index (χ4n) is 3.93. The summed E-state index contributed by atoms with van der Waals surface area (Å²) in [5, 5.41) is 0. The Morgan fingerprint density at radius 1 is 0.529 bits per heavy atom. The monoisotopic (exact) mass is 530 g/mol. The Morgan fingerprint density at radius 2 is 0.853 bits per heavy atom. The van der Waals surface area contributed by atoms with E-state index in [1.54, 1.807) is 0 Å². The minimum absolute atomic E-state index is 0. The second-order valence-corrected chi connectivity index (χ2v) is 9.50. The van der Waals surface area contributed by atoms with Crippen LogP contribution in [0.2, 0.25) is 0 Å². The summed E-state index contributed by atoms with van der Waals surface area (Å²) in [5.41, 5.74) is 0.190. The molecule has 0 aromatic heterocycles. The van der Waals surface area contributed by atoms with Crippen molar-refractivity contribution in [2.45, 2.75) is 149 Å². The van der Waals surface area contributed by atoms with Crippen molar-refractivity contribution in [3.05, 3.63) is 12.2 Å². The van der Waals surface area contributed by atoms with Gasteiger partial charge in [-0.15, -0.1) is 0 Å². The Hall–Kier alpha value is -0.697. The van der Waals surface area contributed by atoms with Crippen molar-refractivity contribution < 1.29 is 38.5 Å². The minimum atomic E-state index is -0.471. The Morgan fingerprint density at radius 3 is 1.24 bits per heavy atom. The van der Waals surface area contributed by atoms with Gasteiger partial charge in [-0.3, -0.25) is 4.79 Å². The summed E-state index contributed by atoms with van der Waals surface area (Å²) < 4.78 is 10.5. The number of ether oxygens (including phenoxy) is 2. The van der Waals surface area contributed by atoms with Crippen molar-refractivity contribution >= 4 is 11.9 Å². The second-order valence-electron chi connectivity index (χ2n) is 9.50. The van der Waals surface area contributed by atoms with Crippen LogP contribution < -0.4 is 0 Å². The zero-order valence-electron chi connectivity index (χ0n) is 22.8. The van der Waals surface area contributed by atoms with E-state index in [0.29, 0.717) is 13.2 Å². The zero-order valence-corrected chi connectivity index (χ0v) is 25.8. The van der Waals surface area contributed by atoms with Gasteiger partial charge in [0.1, 0.15) is 0 Å². The van der Waals surface area contributed by atoms with E-state index < -0.39 is 5.97 Å². The van der Waals surface area contributed by atoms with Gasteiger partial charge in [0.2, 0.25) is 0 Å². The predicted molar refractivity (Wildman–Crippen MR) is 139 cm³/mol. The van der Waals surface area contributed by atoms with E-state index >= 15 is 0 Å². The van der Waals surface area contributed by atoms with Crippen LogP contribution in [0.5, 0.6) is 0 Å². The first-order chi connectivity index (χ1) is 16.1. The fourth-order valence-corrected chi connectivity index (χ4v) is 3.93. The van der Waals surface area contributed by atoms with E-state index in [1.165, 1.54) is 103 Å². The molecule has 0 aliphatic rings. The maximum absolute atomic E-state index is 12.0. The molecule has 0 fully saturated rings. The Bertz CT molecular complexity index is 479. The standard InChI is InChI=1S/C29H54O4.Zn/c1-4-6-8-10-12-14-16-18-20-22-24-32-28(30)26-27(3)29(31)33-25-23-21-19-17-15-13-11-9-7-5-2;/h3-26H2,1-2H3;. The number of carbonyl (C=O) groups excluding carboxylic acids is 2. The first-order valence-corrected chi connectivity index (χ1v) is 14.1. The molecule has 0 aromatic carbocycles. The second kappa shape index (κ2) is 28.5. The SMILES string of the molecule is C=C(CC(=O)OCCCCCCCCCCCC)C(=O)OCCCCCCCCCCCC.[Zn]. The molecule has 196 valence electrons. The molecule has 4 nitrogen and oxygen atoms in total. The van der Waals surface area contributed by atoms with Gasteiger partial charge in [-0.25, -0.2) is 4.79 Å². The zero-order chi connectivity index (χ0) is 24.4. The molecular formula is C29H54O4Zn. The third-order valence-electron chi connectivity index (χ3n) is 6.14. The summed E-state index contributed by atoms with van der Waals surface area (Å²) in [6.07, 6.45) is 24.8. The van der Waals surface area contributed by atoms with Gasteiger partial charge >= 0.3 is 11.9 Å². The van der Waals surface area contributed by atoms with E-state index in [9.17, 15) is 9.59 Å². The summed E-state index contributed by atoms with van der Waals surface area (Å²) in [4.78, 5) is 23.9. The number of hydrogen-bond acceptors (Lipinski definition) is 4. The molecule has 0 unspecified atom stereocenters. The van der Waals surface area contributed by atoms with Crippen LogP contribution >= 0.6 is 0 Å². The fraction of sp³-hybridized carbons (Fsp3) is 0.862. The number of esters is 2. The molecule has 0 aliphatic carbocycles. The van der Waals surface area contributed by atoms with Gasteiger partial charge in [-0.2, -0.15) is 0 Å². The van der Waals surface area contributed by atoms with Gasteiger partial charge in [-0.05, 0) is 12.8 Å². The molecule has 34 heavy (non-hydrogen) atoms. The van der Waals surface area contributed by atoms with Crippen LogP contribution in [-0.4, -0.2) is 25.2 Å². The van der Waals surface area contributed by atoms with Crippen molar-refractivity contribution in [2.75, 3.05) is 13.2 Å². The normalized spacial score (nSPS) is 10.5. The summed E-state index contributed by atoms with van der Waals surface area (Å²) >= 11 is 0. The van der Waals surface area contributed by atoms with Crippen LogP contribution in [-0.2, 0) is 38.5 Å². The Kier molecular flexibility index (Phi) is 29.8. The van der Waals surface area contributed by atoms with Gasteiger partial charge in [0.05, 0.1) is 19.6 Å². The summed E-state index contributed by atoms with van der Waals surface area (Å²) in [6, 6.07) is 0. The molecule has 0 spiro atoms. The number of hydrogen-bond donors (Lipinski definition) is 0. The number of rotatable bonds is 25. The smallest absolute Gasteiger partial charge is 0.333 e. The largest absolute Gasteiger partial charge is 0.465 e. The quantitative estimate of drug-likeness (QED) is 0.0510. The summed E-state index contributed by atoms with van der Waals surface area (Å²) in [7, 11) is 0. The van der Waals surface area contributed by atoms with E-state index in [0.717, 1.165) is 25.7 Å². The van der Waals surface area contributed by atoms with Gasteiger partial charge in [0, 0.05) is 25.1 Å². The van der Waals surface area contributed by atoms with E-state index in [-0.39, 0.29) is 37.4 Å². The average Bonchev–Trinajstić information content (AvgIpc) is 2.80. The van der Waals surface area contributed by atoms with Crippen molar-refractivity contribution in [2.24, 2.45) is 0 Å². The van der Waals surface area contributed by atoms with E-state index in [4.69, 9.17) is 9.47 Å². The Balaban J connectivity index is 0. The molecule has 0 N–H and O–H groups in total. The van der Waals surface area contributed by atoms with Crippen LogP contribution in [0.15, 0.2) is 12.2 Å². The van der Waals surface area contributed by atoms with Gasteiger partial charge in [0.25, 0.3) is 0 Å². The van der Waals surface area contributed by atoms with Crippen molar-refractivity contribution in [1.29, 1.82) is 0 Å². The first-order valence-electron chi connectivity index (χ1n) is 14.1.